The molecule has 2 aliphatic heterocycles. The zero-order valence-electron chi connectivity index (χ0n) is 22.4. The van der Waals surface area contributed by atoms with Crippen LogP contribution in [0.15, 0.2) is 43.1 Å². The molecule has 2 aliphatic rings. The zero-order valence-corrected chi connectivity index (χ0v) is 22.4. The number of benzene rings is 1. The molecule has 4 heterocycles. The number of nitrogens with one attached hydrogen (secondary N) is 1. The molecule has 2 amide bonds. The van der Waals surface area contributed by atoms with Crippen molar-refractivity contribution in [2.45, 2.75) is 32.4 Å². The molecule has 1 unspecified atom stereocenters. The van der Waals surface area contributed by atoms with Crippen molar-refractivity contribution in [1.29, 1.82) is 0 Å². The maximum atomic E-state index is 13.6. The summed E-state index contributed by atoms with van der Waals surface area (Å²) in [5.41, 5.74) is 1.84. The number of carbonyl (C=O) groups excluding carboxylic acids is 2. The maximum Gasteiger partial charge on any atom is 0.249 e. The molecule has 12 nitrogen and oxygen atoms in total. The molecule has 0 bridgehead atoms. The summed E-state index contributed by atoms with van der Waals surface area (Å²) in [4.78, 5) is 43.6. The van der Waals surface area contributed by atoms with Crippen LogP contribution in [0.5, 0.6) is 11.5 Å². The van der Waals surface area contributed by atoms with Crippen molar-refractivity contribution >= 4 is 17.6 Å². The van der Waals surface area contributed by atoms with Crippen LogP contribution in [0.2, 0.25) is 0 Å². The molecule has 1 atom stereocenters. The van der Waals surface area contributed by atoms with Gasteiger partial charge in [0, 0.05) is 57.4 Å². The van der Waals surface area contributed by atoms with Crippen LogP contribution >= 0.6 is 0 Å². The molecular weight excluding hydrogens is 502 g/mol. The highest BCUT2D eigenvalue weighted by molar-refractivity contribution is 5.89. The summed E-state index contributed by atoms with van der Waals surface area (Å²) in [6, 6.07) is 4.86. The second-order valence-corrected chi connectivity index (χ2v) is 9.75. The van der Waals surface area contributed by atoms with E-state index < -0.39 is 6.04 Å². The first kappa shape index (κ1) is 26.4. The number of piperazine rings is 1. The fourth-order valence-corrected chi connectivity index (χ4v) is 4.74. The van der Waals surface area contributed by atoms with Crippen molar-refractivity contribution < 1.29 is 23.8 Å². The van der Waals surface area contributed by atoms with E-state index in [0.29, 0.717) is 43.8 Å². The molecule has 0 aliphatic carbocycles. The summed E-state index contributed by atoms with van der Waals surface area (Å²) in [5.74, 6) is 2.25. The zero-order chi connectivity index (χ0) is 27.4. The van der Waals surface area contributed by atoms with Gasteiger partial charge in [0.2, 0.25) is 17.8 Å². The SMILES string of the molecule is COCC(=O)N1CCN(c2nc(-n3ccnc3)ncc2C(C)C)CC1C(=O)NCc1ccc2c(c1)OCCO2. The topological polar surface area (TPSA) is 124 Å². The Hall–Kier alpha value is -4.19. The standard InChI is InChI=1S/C27H33N7O5/c1-18(2)20-14-30-27(33-7-6-28-17-33)31-25(20)32-8-9-34(24(35)16-37-3)21(15-32)26(36)29-13-19-4-5-22-23(12-19)39-11-10-38-22/h4-7,12,14,17-18,21H,8-11,13,15-16H2,1-3H3,(H,29,36). The summed E-state index contributed by atoms with van der Waals surface area (Å²) in [6.45, 7) is 6.50. The van der Waals surface area contributed by atoms with Gasteiger partial charge in [-0.05, 0) is 23.6 Å². The Morgan fingerprint density at radius 3 is 2.74 bits per heavy atom. The van der Waals surface area contributed by atoms with Gasteiger partial charge < -0.3 is 29.3 Å². The molecule has 0 spiro atoms. The second kappa shape index (κ2) is 11.7. The summed E-state index contributed by atoms with van der Waals surface area (Å²) in [7, 11) is 1.47. The molecular formula is C27H33N7O5. The third-order valence-corrected chi connectivity index (χ3v) is 6.78. The molecule has 1 N–H and O–H groups in total. The number of methoxy groups -OCH3 is 1. The van der Waals surface area contributed by atoms with Crippen LogP contribution < -0.4 is 19.7 Å². The Labute approximate surface area is 226 Å². The van der Waals surface area contributed by atoms with Gasteiger partial charge in [0.15, 0.2) is 11.5 Å². The number of hydrogen-bond acceptors (Lipinski definition) is 9. The molecule has 0 radical (unpaired) electrons. The van der Waals surface area contributed by atoms with Gasteiger partial charge in [0.1, 0.15) is 38.0 Å². The van der Waals surface area contributed by atoms with Gasteiger partial charge in [-0.3, -0.25) is 14.2 Å². The van der Waals surface area contributed by atoms with Crippen LogP contribution in [0.1, 0.15) is 30.9 Å². The van der Waals surface area contributed by atoms with Crippen LogP contribution in [0.4, 0.5) is 5.82 Å². The maximum absolute atomic E-state index is 13.6. The van der Waals surface area contributed by atoms with E-state index in [0.717, 1.165) is 16.9 Å². The number of amides is 2. The van der Waals surface area contributed by atoms with Gasteiger partial charge in [-0.25, -0.2) is 9.97 Å². The monoisotopic (exact) mass is 535 g/mol. The van der Waals surface area contributed by atoms with Crippen molar-refractivity contribution in [3.63, 3.8) is 0 Å². The summed E-state index contributed by atoms with van der Waals surface area (Å²) < 4.78 is 18.1. The number of anilines is 1. The number of rotatable bonds is 8. The van der Waals surface area contributed by atoms with Crippen LogP contribution in [0.25, 0.3) is 5.95 Å². The molecule has 3 aromatic rings. The number of ether oxygens (including phenoxy) is 3. The van der Waals surface area contributed by atoms with E-state index in [9.17, 15) is 9.59 Å². The van der Waals surface area contributed by atoms with Gasteiger partial charge in [-0.1, -0.05) is 19.9 Å². The summed E-state index contributed by atoms with van der Waals surface area (Å²) in [6.07, 6.45) is 6.91. The quantitative estimate of drug-likeness (QED) is 0.457. The van der Waals surface area contributed by atoms with E-state index in [4.69, 9.17) is 19.2 Å². The lowest BCUT2D eigenvalue weighted by Gasteiger charge is -2.41. The average molecular weight is 536 g/mol. The largest absolute Gasteiger partial charge is 0.486 e. The van der Waals surface area contributed by atoms with Crippen molar-refractivity contribution in [3.8, 4) is 17.4 Å². The van der Waals surface area contributed by atoms with E-state index in [1.54, 1.807) is 28.2 Å². The Balaban J connectivity index is 1.38. The van der Waals surface area contributed by atoms with Gasteiger partial charge >= 0.3 is 0 Å². The minimum Gasteiger partial charge on any atom is -0.486 e. The lowest BCUT2D eigenvalue weighted by atomic mass is 10.0. The summed E-state index contributed by atoms with van der Waals surface area (Å²) >= 11 is 0. The molecule has 1 fully saturated rings. The van der Waals surface area contributed by atoms with E-state index in [2.05, 4.69) is 34.0 Å². The lowest BCUT2D eigenvalue weighted by molar-refractivity contribution is -0.143. The molecule has 0 saturated carbocycles. The lowest BCUT2D eigenvalue weighted by Crippen LogP contribution is -2.61. The number of hydrogen-bond donors (Lipinski definition) is 1. The fourth-order valence-electron chi connectivity index (χ4n) is 4.74. The normalized spacial score (nSPS) is 16.9. The van der Waals surface area contributed by atoms with Gasteiger partial charge in [0.05, 0.1) is 0 Å². The third-order valence-electron chi connectivity index (χ3n) is 6.78. The second-order valence-electron chi connectivity index (χ2n) is 9.75. The number of aromatic nitrogens is 4. The average Bonchev–Trinajstić information content (AvgIpc) is 3.50. The number of imidazole rings is 1. The Morgan fingerprint density at radius 1 is 1.18 bits per heavy atom. The highest BCUT2D eigenvalue weighted by atomic mass is 16.6. The predicted octanol–water partition coefficient (Wildman–Crippen LogP) is 1.54. The molecule has 206 valence electrons. The fraction of sp³-hybridized carbons (Fsp3) is 0.444. The Bertz CT molecular complexity index is 1310. The highest BCUT2D eigenvalue weighted by Crippen LogP contribution is 2.31. The van der Waals surface area contributed by atoms with Crippen molar-refractivity contribution in [3.05, 3.63) is 54.2 Å². The third kappa shape index (κ3) is 5.80. The van der Waals surface area contributed by atoms with E-state index in [1.807, 2.05) is 24.4 Å². The van der Waals surface area contributed by atoms with Crippen LogP contribution in [-0.2, 0) is 20.9 Å². The van der Waals surface area contributed by atoms with E-state index in [1.165, 1.54) is 7.11 Å². The van der Waals surface area contributed by atoms with Gasteiger partial charge in [-0.15, -0.1) is 0 Å². The van der Waals surface area contributed by atoms with E-state index >= 15 is 0 Å². The molecule has 1 saturated heterocycles. The molecule has 2 aromatic heterocycles. The van der Waals surface area contributed by atoms with E-state index in [-0.39, 0.29) is 37.4 Å². The Kier molecular flexibility index (Phi) is 7.92. The molecule has 12 heteroatoms. The smallest absolute Gasteiger partial charge is 0.249 e. The molecule has 39 heavy (non-hydrogen) atoms. The number of fused-ring (bicyclic) bond motifs is 1. The van der Waals surface area contributed by atoms with Gasteiger partial charge in [-0.2, -0.15) is 4.98 Å². The summed E-state index contributed by atoms with van der Waals surface area (Å²) in [5, 5.41) is 3.00. The molecule has 1 aromatic carbocycles. The van der Waals surface area contributed by atoms with Crippen molar-refractivity contribution in [2.75, 3.05) is 51.5 Å². The van der Waals surface area contributed by atoms with Crippen LogP contribution in [0.3, 0.4) is 0 Å². The minimum absolute atomic E-state index is 0.0958. The first-order valence-electron chi connectivity index (χ1n) is 13.0. The van der Waals surface area contributed by atoms with Crippen molar-refractivity contribution in [2.24, 2.45) is 0 Å². The van der Waals surface area contributed by atoms with Crippen LogP contribution in [0, 0.1) is 0 Å². The predicted molar refractivity (Wildman–Crippen MR) is 142 cm³/mol. The van der Waals surface area contributed by atoms with Gasteiger partial charge in [0.25, 0.3) is 0 Å². The minimum atomic E-state index is -0.731. The Morgan fingerprint density at radius 2 is 2.00 bits per heavy atom. The number of nitrogens with zero attached hydrogens (tertiary/aromatic N) is 6. The molecule has 5 rings (SSSR count). The van der Waals surface area contributed by atoms with Crippen molar-refractivity contribution in [1.82, 2.24) is 29.7 Å². The number of carbonyl (C=O) groups is 2. The first-order chi connectivity index (χ1) is 18.9. The highest BCUT2D eigenvalue weighted by Gasteiger charge is 2.36. The van der Waals surface area contributed by atoms with Crippen LogP contribution in [-0.4, -0.2) is 88.8 Å². The first-order valence-corrected chi connectivity index (χ1v) is 13.0.